The maximum Gasteiger partial charge on any atom is 0.433 e. The number of nitro groups is 1. The largest absolute Gasteiger partial charge is 0.433 e. The average molecular weight is 234 g/mol. The highest BCUT2D eigenvalue weighted by atomic mass is 16.6. The van der Waals surface area contributed by atoms with Crippen LogP contribution in [0.3, 0.4) is 0 Å². The Kier molecular flexibility index (Phi) is 3.79. The van der Waals surface area contributed by atoms with Crippen LogP contribution in [0.4, 0.5) is 5.88 Å². The molecule has 0 aliphatic rings. The van der Waals surface area contributed by atoms with Crippen LogP contribution in [-0.2, 0) is 0 Å². The van der Waals surface area contributed by atoms with E-state index in [4.69, 9.17) is 10.5 Å². The summed E-state index contributed by atoms with van der Waals surface area (Å²) in [7, 11) is 0. The fraction of sp³-hybridized carbons (Fsp3) is 0.222. The number of hydrogen-bond donors (Lipinski definition) is 0. The first-order valence-corrected chi connectivity index (χ1v) is 4.37. The van der Waals surface area contributed by atoms with Gasteiger partial charge >= 0.3 is 5.88 Å². The van der Waals surface area contributed by atoms with Crippen molar-refractivity contribution < 1.29 is 14.1 Å². The number of furan rings is 1. The molecule has 1 heterocycles. The molecule has 0 N–H and O–H groups in total. The van der Waals surface area contributed by atoms with Crippen LogP contribution in [0.15, 0.2) is 16.5 Å². The maximum atomic E-state index is 11.7. The van der Waals surface area contributed by atoms with Crippen molar-refractivity contribution in [3.8, 4) is 12.1 Å². The Morgan fingerprint density at radius 3 is 2.41 bits per heavy atom. The summed E-state index contributed by atoms with van der Waals surface area (Å²) in [6, 6.07) is 5.58. The topological polar surface area (TPSA) is 124 Å². The van der Waals surface area contributed by atoms with Crippen LogP contribution in [0.1, 0.15) is 10.6 Å². The zero-order valence-electron chi connectivity index (χ0n) is 8.49. The van der Waals surface area contributed by atoms with Gasteiger partial charge in [-0.05, 0) is 6.07 Å². The van der Waals surface area contributed by atoms with Crippen molar-refractivity contribution in [1.82, 2.24) is 4.90 Å². The standard InChI is InChI=1S/C9H6N4O4/c10-3-5-12(6-4-11)9(14)7-1-2-8(17-7)13(15)16/h1-2H,5-6H2. The summed E-state index contributed by atoms with van der Waals surface area (Å²) in [5, 5.41) is 27.3. The van der Waals surface area contributed by atoms with Crippen molar-refractivity contribution in [3.05, 3.63) is 28.0 Å². The van der Waals surface area contributed by atoms with Crippen molar-refractivity contribution >= 4 is 11.8 Å². The van der Waals surface area contributed by atoms with Gasteiger partial charge in [0.15, 0.2) is 5.76 Å². The van der Waals surface area contributed by atoms with E-state index < -0.39 is 16.7 Å². The molecule has 0 fully saturated rings. The van der Waals surface area contributed by atoms with E-state index in [2.05, 4.69) is 4.42 Å². The molecule has 0 unspecified atom stereocenters. The van der Waals surface area contributed by atoms with Gasteiger partial charge in [0.2, 0.25) is 0 Å². The van der Waals surface area contributed by atoms with Gasteiger partial charge in [-0.3, -0.25) is 14.9 Å². The molecule has 0 aliphatic heterocycles. The lowest BCUT2D eigenvalue weighted by molar-refractivity contribution is -0.402. The van der Waals surface area contributed by atoms with Crippen molar-refractivity contribution in [2.45, 2.75) is 0 Å². The highest BCUT2D eigenvalue weighted by Gasteiger charge is 2.22. The van der Waals surface area contributed by atoms with E-state index in [0.29, 0.717) is 0 Å². The van der Waals surface area contributed by atoms with Gasteiger partial charge < -0.3 is 9.32 Å². The van der Waals surface area contributed by atoms with Crippen LogP contribution in [0.2, 0.25) is 0 Å². The molecule has 8 nitrogen and oxygen atoms in total. The summed E-state index contributed by atoms with van der Waals surface area (Å²) >= 11 is 0. The Labute approximate surface area is 95.4 Å². The van der Waals surface area contributed by atoms with Gasteiger partial charge in [-0.15, -0.1) is 0 Å². The normalized spacial score (nSPS) is 9.06. The Bertz CT molecular complexity index is 506. The minimum atomic E-state index is -0.782. The molecule has 0 aromatic carbocycles. The van der Waals surface area contributed by atoms with Crippen LogP contribution in [0.5, 0.6) is 0 Å². The van der Waals surface area contributed by atoms with Crippen LogP contribution in [0.25, 0.3) is 0 Å². The molecule has 17 heavy (non-hydrogen) atoms. The summed E-state index contributed by atoms with van der Waals surface area (Å²) in [5.41, 5.74) is 0. The van der Waals surface area contributed by atoms with Crippen LogP contribution >= 0.6 is 0 Å². The molecule has 0 aliphatic carbocycles. The smallest absolute Gasteiger partial charge is 0.395 e. The molecule has 8 heteroatoms. The minimum absolute atomic E-state index is 0.276. The minimum Gasteiger partial charge on any atom is -0.395 e. The second-order valence-corrected chi connectivity index (χ2v) is 2.87. The summed E-state index contributed by atoms with van der Waals surface area (Å²) in [6.45, 7) is -0.582. The molecule has 0 spiro atoms. The van der Waals surface area contributed by atoms with Crippen LogP contribution in [-0.4, -0.2) is 28.8 Å². The predicted molar refractivity (Wildman–Crippen MR) is 52.5 cm³/mol. The van der Waals surface area contributed by atoms with Gasteiger partial charge in [-0.1, -0.05) is 0 Å². The van der Waals surface area contributed by atoms with Crippen molar-refractivity contribution in [1.29, 1.82) is 10.5 Å². The third-order valence-corrected chi connectivity index (χ3v) is 1.79. The van der Waals surface area contributed by atoms with Gasteiger partial charge in [-0.25, -0.2) is 0 Å². The van der Waals surface area contributed by atoms with Crippen molar-refractivity contribution in [2.24, 2.45) is 0 Å². The van der Waals surface area contributed by atoms with E-state index in [1.807, 2.05) is 0 Å². The molecule has 1 aromatic rings. The van der Waals surface area contributed by atoms with Gasteiger partial charge in [0.05, 0.1) is 18.2 Å². The maximum absolute atomic E-state index is 11.7. The number of carbonyl (C=O) groups is 1. The zero-order chi connectivity index (χ0) is 12.8. The van der Waals surface area contributed by atoms with E-state index in [9.17, 15) is 14.9 Å². The van der Waals surface area contributed by atoms with Crippen LogP contribution in [0, 0.1) is 32.8 Å². The van der Waals surface area contributed by atoms with Crippen molar-refractivity contribution in [2.75, 3.05) is 13.1 Å². The molecule has 1 rings (SSSR count). The van der Waals surface area contributed by atoms with Crippen molar-refractivity contribution in [3.63, 3.8) is 0 Å². The molecule has 86 valence electrons. The van der Waals surface area contributed by atoms with Gasteiger partial charge in [0.25, 0.3) is 5.91 Å². The molecular weight excluding hydrogens is 228 g/mol. The van der Waals surface area contributed by atoms with Gasteiger partial charge in [0, 0.05) is 0 Å². The first-order valence-electron chi connectivity index (χ1n) is 4.37. The molecule has 0 saturated heterocycles. The second kappa shape index (κ2) is 5.28. The Hall–Kier alpha value is -2.87. The van der Waals surface area contributed by atoms with Gasteiger partial charge in [-0.2, -0.15) is 10.5 Å². The molecule has 0 saturated carbocycles. The molecule has 1 aromatic heterocycles. The molecule has 0 radical (unpaired) electrons. The lowest BCUT2D eigenvalue weighted by atomic mass is 10.3. The second-order valence-electron chi connectivity index (χ2n) is 2.87. The highest BCUT2D eigenvalue weighted by molar-refractivity contribution is 5.92. The number of nitriles is 2. The number of amides is 1. The Balaban J connectivity index is 2.90. The van der Waals surface area contributed by atoms with E-state index in [0.717, 1.165) is 17.0 Å². The number of rotatable bonds is 4. The molecular formula is C9H6N4O4. The number of carbonyl (C=O) groups excluding carboxylic acids is 1. The van der Waals surface area contributed by atoms with E-state index in [1.165, 1.54) is 0 Å². The summed E-state index contributed by atoms with van der Waals surface area (Å²) < 4.78 is 4.67. The lowest BCUT2D eigenvalue weighted by Gasteiger charge is -2.13. The third-order valence-electron chi connectivity index (χ3n) is 1.79. The summed E-state index contributed by atoms with van der Waals surface area (Å²) in [5.74, 6) is -1.58. The van der Waals surface area contributed by atoms with Gasteiger partial charge in [0.1, 0.15) is 18.0 Å². The fourth-order valence-electron chi connectivity index (χ4n) is 1.07. The SMILES string of the molecule is N#CCN(CC#N)C(=O)c1ccc([N+](=O)[O-])o1. The monoisotopic (exact) mass is 234 g/mol. The summed E-state index contributed by atoms with van der Waals surface area (Å²) in [6.07, 6.45) is 0. The fourth-order valence-corrected chi connectivity index (χ4v) is 1.07. The lowest BCUT2D eigenvalue weighted by Crippen LogP contribution is -2.31. The van der Waals surface area contributed by atoms with E-state index >= 15 is 0 Å². The van der Waals surface area contributed by atoms with E-state index in [1.54, 1.807) is 12.1 Å². The highest BCUT2D eigenvalue weighted by Crippen LogP contribution is 2.16. The first kappa shape index (κ1) is 12.2. The molecule has 0 bridgehead atoms. The number of hydrogen-bond acceptors (Lipinski definition) is 6. The van der Waals surface area contributed by atoms with Crippen LogP contribution < -0.4 is 0 Å². The Morgan fingerprint density at radius 2 is 2.00 bits per heavy atom. The zero-order valence-corrected chi connectivity index (χ0v) is 8.49. The predicted octanol–water partition coefficient (Wildman–Crippen LogP) is 0.677. The van der Waals surface area contributed by atoms with E-state index in [-0.39, 0.29) is 18.8 Å². The quantitative estimate of drug-likeness (QED) is 0.428. The number of nitrogens with zero attached hydrogens (tertiary/aromatic N) is 4. The Morgan fingerprint density at radius 1 is 1.41 bits per heavy atom. The molecule has 1 amide bonds. The third kappa shape index (κ3) is 2.79. The first-order chi connectivity index (χ1) is 8.10. The summed E-state index contributed by atoms with van der Waals surface area (Å²) in [4.78, 5) is 22.1. The average Bonchev–Trinajstić information content (AvgIpc) is 2.77. The molecule has 0 atom stereocenters.